The zero-order valence-corrected chi connectivity index (χ0v) is 13.7. The molecule has 140 valence electrons. The lowest BCUT2D eigenvalue weighted by molar-refractivity contribution is -0.141. The van der Waals surface area contributed by atoms with Crippen molar-refractivity contribution in [3.8, 4) is 11.3 Å². The van der Waals surface area contributed by atoms with Crippen LogP contribution in [0, 0.1) is 18.6 Å². The van der Waals surface area contributed by atoms with Crippen molar-refractivity contribution in [2.45, 2.75) is 13.1 Å². The number of nitrogens with zero attached hydrogens (tertiary/aromatic N) is 3. The van der Waals surface area contributed by atoms with Gasteiger partial charge in [0.2, 0.25) is 6.41 Å². The van der Waals surface area contributed by atoms with Gasteiger partial charge in [-0.3, -0.25) is 19.8 Å². The summed E-state index contributed by atoms with van der Waals surface area (Å²) < 4.78 is 66.4. The Morgan fingerprint density at radius 1 is 1.11 bits per heavy atom. The Balaban J connectivity index is 2.01. The maximum atomic E-state index is 14.6. The molecule has 1 aromatic carbocycles. The highest BCUT2D eigenvalue weighted by Gasteiger charge is 2.37. The standard InChI is InChI=1S/C17H11F5N4O/c1-9-15(24-25-16(9)17(20,21)22)13-3-2-11(5-14(13)19)26(8-27)12-4-10(18)6-23-7-12/h2-8H,1H3,(H,24,25). The molecule has 2 heterocycles. The Morgan fingerprint density at radius 2 is 1.85 bits per heavy atom. The van der Waals surface area contributed by atoms with Crippen LogP contribution in [0.5, 0.6) is 0 Å². The first-order valence-corrected chi connectivity index (χ1v) is 7.49. The van der Waals surface area contributed by atoms with Crippen molar-refractivity contribution in [2.24, 2.45) is 0 Å². The van der Waals surface area contributed by atoms with E-state index in [1.165, 1.54) is 25.3 Å². The fraction of sp³-hybridized carbons (Fsp3) is 0.118. The van der Waals surface area contributed by atoms with E-state index in [2.05, 4.69) is 15.2 Å². The molecule has 0 spiro atoms. The average molecular weight is 382 g/mol. The summed E-state index contributed by atoms with van der Waals surface area (Å²) >= 11 is 0. The van der Waals surface area contributed by atoms with E-state index in [-0.39, 0.29) is 28.2 Å². The lowest BCUT2D eigenvalue weighted by Crippen LogP contribution is -2.14. The van der Waals surface area contributed by atoms with Crippen LogP contribution in [0.25, 0.3) is 11.3 Å². The van der Waals surface area contributed by atoms with E-state index in [0.29, 0.717) is 6.41 Å². The highest BCUT2D eigenvalue weighted by molar-refractivity contribution is 5.86. The van der Waals surface area contributed by atoms with Crippen LogP contribution in [0.2, 0.25) is 0 Å². The number of H-pyrrole nitrogens is 1. The van der Waals surface area contributed by atoms with E-state index in [1.54, 1.807) is 0 Å². The van der Waals surface area contributed by atoms with Crippen LogP contribution in [0.15, 0.2) is 36.7 Å². The van der Waals surface area contributed by atoms with Crippen molar-refractivity contribution in [3.63, 3.8) is 0 Å². The van der Waals surface area contributed by atoms with Gasteiger partial charge in [0.1, 0.15) is 11.6 Å². The van der Waals surface area contributed by atoms with Gasteiger partial charge < -0.3 is 0 Å². The first kappa shape index (κ1) is 18.5. The lowest BCUT2D eigenvalue weighted by atomic mass is 10.1. The fourth-order valence-corrected chi connectivity index (χ4v) is 2.60. The van der Waals surface area contributed by atoms with E-state index in [4.69, 9.17) is 0 Å². The number of halogens is 5. The van der Waals surface area contributed by atoms with Crippen LogP contribution in [-0.4, -0.2) is 21.6 Å². The summed E-state index contributed by atoms with van der Waals surface area (Å²) in [7, 11) is 0. The third kappa shape index (κ3) is 3.50. The molecular weight excluding hydrogens is 371 g/mol. The number of aromatic nitrogens is 3. The number of hydrogen-bond donors (Lipinski definition) is 1. The number of amides is 1. The third-order valence-electron chi connectivity index (χ3n) is 3.85. The molecular formula is C17H11F5N4O. The Morgan fingerprint density at radius 3 is 2.41 bits per heavy atom. The van der Waals surface area contributed by atoms with Gasteiger partial charge in [-0.2, -0.15) is 18.3 Å². The summed E-state index contributed by atoms with van der Waals surface area (Å²) in [6, 6.07) is 4.49. The molecule has 0 aliphatic carbocycles. The van der Waals surface area contributed by atoms with Gasteiger partial charge >= 0.3 is 6.18 Å². The number of carbonyl (C=O) groups excluding carboxylic acids is 1. The molecule has 0 bridgehead atoms. The van der Waals surface area contributed by atoms with Crippen LogP contribution in [0.1, 0.15) is 11.3 Å². The normalized spacial score (nSPS) is 11.5. The molecule has 10 heteroatoms. The molecule has 0 radical (unpaired) electrons. The number of pyridine rings is 1. The van der Waals surface area contributed by atoms with Crippen LogP contribution < -0.4 is 4.90 Å². The number of hydrogen-bond acceptors (Lipinski definition) is 3. The number of benzene rings is 1. The monoisotopic (exact) mass is 382 g/mol. The van der Waals surface area contributed by atoms with Crippen LogP contribution in [0.4, 0.5) is 33.3 Å². The molecule has 3 rings (SSSR count). The summed E-state index contributed by atoms with van der Waals surface area (Å²) in [5, 5.41) is 5.39. The van der Waals surface area contributed by atoms with Gasteiger partial charge in [-0.1, -0.05) is 0 Å². The van der Waals surface area contributed by atoms with Crippen molar-refractivity contribution in [1.29, 1.82) is 0 Å². The smallest absolute Gasteiger partial charge is 0.282 e. The minimum Gasteiger partial charge on any atom is -0.282 e. The lowest BCUT2D eigenvalue weighted by Gasteiger charge is -2.18. The molecule has 0 aliphatic heterocycles. The molecule has 0 fully saturated rings. The molecule has 0 saturated heterocycles. The Kier molecular flexibility index (Phi) is 4.64. The number of nitrogens with one attached hydrogen (secondary N) is 1. The van der Waals surface area contributed by atoms with E-state index in [0.717, 1.165) is 23.2 Å². The zero-order valence-electron chi connectivity index (χ0n) is 13.7. The number of alkyl halides is 3. The van der Waals surface area contributed by atoms with Crippen molar-refractivity contribution in [2.75, 3.05) is 4.90 Å². The molecule has 3 aromatic rings. The minimum atomic E-state index is -4.67. The largest absolute Gasteiger partial charge is 0.435 e. The molecule has 0 saturated carbocycles. The van der Waals surface area contributed by atoms with Gasteiger partial charge in [-0.25, -0.2) is 8.78 Å². The Hall–Kier alpha value is -3.30. The average Bonchev–Trinajstić information content (AvgIpc) is 2.97. The molecule has 0 atom stereocenters. The Bertz CT molecular complexity index is 999. The van der Waals surface area contributed by atoms with Gasteiger partial charge in [-0.05, 0) is 25.1 Å². The quantitative estimate of drug-likeness (QED) is 0.538. The van der Waals surface area contributed by atoms with Crippen molar-refractivity contribution in [1.82, 2.24) is 15.2 Å². The van der Waals surface area contributed by atoms with E-state index in [1.807, 2.05) is 0 Å². The van der Waals surface area contributed by atoms with Gasteiger partial charge in [0.25, 0.3) is 0 Å². The van der Waals surface area contributed by atoms with E-state index >= 15 is 0 Å². The summed E-state index contributed by atoms with van der Waals surface area (Å²) in [4.78, 5) is 15.9. The molecule has 27 heavy (non-hydrogen) atoms. The molecule has 2 aromatic heterocycles. The molecule has 5 nitrogen and oxygen atoms in total. The van der Waals surface area contributed by atoms with Crippen LogP contribution >= 0.6 is 0 Å². The van der Waals surface area contributed by atoms with Crippen LogP contribution in [-0.2, 0) is 11.0 Å². The topological polar surface area (TPSA) is 61.9 Å². The second-order valence-electron chi connectivity index (χ2n) is 5.57. The second kappa shape index (κ2) is 6.78. The predicted octanol–water partition coefficient (Wildman–Crippen LogP) is 4.37. The maximum absolute atomic E-state index is 14.6. The Labute approximate surface area is 149 Å². The maximum Gasteiger partial charge on any atom is 0.435 e. The van der Waals surface area contributed by atoms with Gasteiger partial charge in [0.05, 0.1) is 29.5 Å². The number of carbonyl (C=O) groups is 1. The SMILES string of the molecule is Cc1c(C(F)(F)F)n[nH]c1-c1ccc(N(C=O)c2cncc(F)c2)cc1F. The van der Waals surface area contributed by atoms with Crippen molar-refractivity contribution < 1.29 is 26.7 Å². The van der Waals surface area contributed by atoms with E-state index < -0.39 is 23.5 Å². The van der Waals surface area contributed by atoms with Crippen molar-refractivity contribution >= 4 is 17.8 Å². The van der Waals surface area contributed by atoms with Gasteiger partial charge in [0.15, 0.2) is 5.69 Å². The van der Waals surface area contributed by atoms with Gasteiger partial charge in [-0.15, -0.1) is 0 Å². The van der Waals surface area contributed by atoms with Gasteiger partial charge in [0, 0.05) is 17.2 Å². The molecule has 0 unspecified atom stereocenters. The molecule has 0 aliphatic rings. The summed E-state index contributed by atoms with van der Waals surface area (Å²) in [5.74, 6) is -1.58. The third-order valence-corrected chi connectivity index (χ3v) is 3.85. The number of aromatic amines is 1. The molecule has 1 N–H and O–H groups in total. The highest BCUT2D eigenvalue weighted by atomic mass is 19.4. The zero-order chi connectivity index (χ0) is 19.8. The minimum absolute atomic E-state index is 0.0480. The number of anilines is 2. The predicted molar refractivity (Wildman–Crippen MR) is 86.1 cm³/mol. The first-order valence-electron chi connectivity index (χ1n) is 7.49. The molecule has 1 amide bonds. The van der Waals surface area contributed by atoms with Crippen LogP contribution in [0.3, 0.4) is 0 Å². The summed E-state index contributed by atoms with van der Waals surface area (Å²) in [5.41, 5.74) is -1.56. The fourth-order valence-electron chi connectivity index (χ4n) is 2.60. The number of rotatable bonds is 4. The summed E-state index contributed by atoms with van der Waals surface area (Å²) in [6.07, 6.45) is -2.19. The van der Waals surface area contributed by atoms with E-state index in [9.17, 15) is 26.7 Å². The highest BCUT2D eigenvalue weighted by Crippen LogP contribution is 2.36. The van der Waals surface area contributed by atoms with Crippen molar-refractivity contribution in [3.05, 3.63) is 59.6 Å². The first-order chi connectivity index (χ1) is 12.7. The summed E-state index contributed by atoms with van der Waals surface area (Å²) in [6.45, 7) is 1.17. The second-order valence-corrected chi connectivity index (χ2v) is 5.57.